The van der Waals surface area contributed by atoms with Crippen LogP contribution in [0.25, 0.3) is 0 Å². The van der Waals surface area contributed by atoms with Crippen LogP contribution in [-0.2, 0) is 20.7 Å². The van der Waals surface area contributed by atoms with Crippen LogP contribution < -0.4 is 10.0 Å². The molecule has 0 aliphatic carbocycles. The third-order valence-electron chi connectivity index (χ3n) is 6.60. The average molecular weight is 528 g/mol. The lowest BCUT2D eigenvalue weighted by atomic mass is 9.95. The lowest BCUT2D eigenvalue weighted by Gasteiger charge is -2.40. The Labute approximate surface area is 205 Å². The first-order valence-electron chi connectivity index (χ1n) is 11.3. The van der Waals surface area contributed by atoms with E-state index in [-0.39, 0.29) is 29.7 Å². The standard InChI is InChI=1S/C24H25F4N3O4S/c1-13-9-15(4-8-20(13)25)29-22(32)14-3-7-21(26)19(10-14)24(27,28)23(33)31-17-5-6-18(31)12-16(11-17)30-36(2,34)35/h3-4,7-10,16-18,30H,5-6,11-12H2,1-2H3,(H,29,32)/t16-,17-,18?/m1/s1. The number of nitrogens with one attached hydrogen (secondary N) is 2. The number of amides is 2. The van der Waals surface area contributed by atoms with Gasteiger partial charge in [-0.05, 0) is 74.6 Å². The Hall–Kier alpha value is -2.99. The van der Waals surface area contributed by atoms with Crippen LogP contribution in [0, 0.1) is 18.6 Å². The van der Waals surface area contributed by atoms with E-state index in [1.807, 2.05) is 0 Å². The molecule has 2 aliphatic rings. The highest BCUT2D eigenvalue weighted by Crippen LogP contribution is 2.41. The number of aryl methyl sites for hydroxylation is 1. The topological polar surface area (TPSA) is 95.6 Å². The predicted molar refractivity (Wildman–Crippen MR) is 124 cm³/mol. The molecular formula is C24H25F4N3O4S. The fourth-order valence-electron chi connectivity index (χ4n) is 5.02. The summed E-state index contributed by atoms with van der Waals surface area (Å²) in [7, 11) is -3.51. The second-order valence-electron chi connectivity index (χ2n) is 9.34. The molecule has 7 nitrogen and oxygen atoms in total. The molecule has 0 radical (unpaired) electrons. The number of halogens is 4. The van der Waals surface area contributed by atoms with E-state index in [0.717, 1.165) is 23.3 Å². The quantitative estimate of drug-likeness (QED) is 0.561. The Balaban J connectivity index is 1.55. The molecule has 0 spiro atoms. The fourth-order valence-corrected chi connectivity index (χ4v) is 5.82. The van der Waals surface area contributed by atoms with Crippen LogP contribution in [-0.4, -0.2) is 49.5 Å². The van der Waals surface area contributed by atoms with Crippen LogP contribution in [0.5, 0.6) is 0 Å². The number of sulfonamides is 1. The summed E-state index contributed by atoms with van der Waals surface area (Å²) in [6.07, 6.45) is 2.21. The van der Waals surface area contributed by atoms with Gasteiger partial charge in [-0.2, -0.15) is 8.78 Å². The smallest absolute Gasteiger partial charge is 0.331 e. The summed E-state index contributed by atoms with van der Waals surface area (Å²) in [6, 6.07) is 4.42. The SMILES string of the molecule is Cc1cc(NC(=O)c2ccc(F)c(C(F)(F)C(=O)N3C4CC[C@@H]3C[C@@H](NS(C)(=O)=O)C4)c2)ccc1F. The van der Waals surface area contributed by atoms with Gasteiger partial charge in [0.15, 0.2) is 0 Å². The Morgan fingerprint density at radius 3 is 2.19 bits per heavy atom. The highest BCUT2D eigenvalue weighted by molar-refractivity contribution is 7.88. The summed E-state index contributed by atoms with van der Waals surface area (Å²) >= 11 is 0. The van der Waals surface area contributed by atoms with E-state index in [9.17, 15) is 26.8 Å². The van der Waals surface area contributed by atoms with Crippen molar-refractivity contribution in [3.8, 4) is 0 Å². The van der Waals surface area contributed by atoms with Gasteiger partial charge < -0.3 is 10.2 Å². The number of nitrogens with zero attached hydrogens (tertiary/aromatic N) is 1. The minimum atomic E-state index is -4.26. The maximum absolute atomic E-state index is 15.4. The van der Waals surface area contributed by atoms with Gasteiger partial charge >= 0.3 is 5.92 Å². The lowest BCUT2D eigenvalue weighted by Crippen LogP contribution is -2.55. The van der Waals surface area contributed by atoms with E-state index in [1.165, 1.54) is 19.1 Å². The molecule has 3 atom stereocenters. The highest BCUT2D eigenvalue weighted by Gasteiger charge is 2.53. The number of hydrogen-bond donors (Lipinski definition) is 2. The summed E-state index contributed by atoms with van der Waals surface area (Å²) in [5.74, 6) is -8.51. The Morgan fingerprint density at radius 1 is 1.00 bits per heavy atom. The van der Waals surface area contributed by atoms with Gasteiger partial charge in [0.1, 0.15) is 11.6 Å². The third-order valence-corrected chi connectivity index (χ3v) is 7.36. The van der Waals surface area contributed by atoms with Crippen molar-refractivity contribution < 1.29 is 35.6 Å². The summed E-state index contributed by atoms with van der Waals surface area (Å²) in [6.45, 7) is 1.49. The Kier molecular flexibility index (Phi) is 6.86. The molecule has 36 heavy (non-hydrogen) atoms. The van der Waals surface area contributed by atoms with E-state index in [1.54, 1.807) is 0 Å². The molecule has 0 aromatic heterocycles. The number of hydrogen-bond acceptors (Lipinski definition) is 4. The molecule has 2 bridgehead atoms. The van der Waals surface area contributed by atoms with E-state index < -0.39 is 63.1 Å². The van der Waals surface area contributed by atoms with Gasteiger partial charge in [-0.1, -0.05) is 0 Å². The Morgan fingerprint density at radius 2 is 1.61 bits per heavy atom. The number of carbonyl (C=O) groups excluding carboxylic acids is 2. The number of benzene rings is 2. The zero-order valence-corrected chi connectivity index (χ0v) is 20.3. The molecular weight excluding hydrogens is 502 g/mol. The number of fused-ring (bicyclic) bond motifs is 2. The van der Waals surface area contributed by atoms with Crippen molar-refractivity contribution in [2.75, 3.05) is 11.6 Å². The van der Waals surface area contributed by atoms with Crippen LogP contribution in [0.3, 0.4) is 0 Å². The first-order chi connectivity index (χ1) is 16.8. The van der Waals surface area contributed by atoms with Crippen molar-refractivity contribution in [3.63, 3.8) is 0 Å². The highest BCUT2D eigenvalue weighted by atomic mass is 32.2. The number of anilines is 1. The van der Waals surface area contributed by atoms with Gasteiger partial charge in [-0.3, -0.25) is 9.59 Å². The van der Waals surface area contributed by atoms with Crippen LogP contribution in [0.1, 0.15) is 47.2 Å². The maximum atomic E-state index is 15.4. The van der Waals surface area contributed by atoms with Gasteiger partial charge in [0, 0.05) is 29.4 Å². The molecule has 2 saturated heterocycles. The minimum absolute atomic E-state index is 0.174. The minimum Gasteiger partial charge on any atom is -0.331 e. The molecule has 12 heteroatoms. The Bertz CT molecular complexity index is 1300. The first-order valence-corrected chi connectivity index (χ1v) is 13.2. The van der Waals surface area contributed by atoms with E-state index in [0.29, 0.717) is 25.0 Å². The van der Waals surface area contributed by atoms with Crippen molar-refractivity contribution in [2.24, 2.45) is 0 Å². The molecule has 2 aliphatic heterocycles. The van der Waals surface area contributed by atoms with Crippen molar-refractivity contribution in [1.29, 1.82) is 0 Å². The second-order valence-corrected chi connectivity index (χ2v) is 11.1. The van der Waals surface area contributed by atoms with Crippen molar-refractivity contribution >= 4 is 27.5 Å². The largest absolute Gasteiger partial charge is 0.352 e. The van der Waals surface area contributed by atoms with Crippen molar-refractivity contribution in [2.45, 2.75) is 56.7 Å². The summed E-state index contributed by atoms with van der Waals surface area (Å²) in [4.78, 5) is 26.7. The van der Waals surface area contributed by atoms with Gasteiger partial charge in [0.05, 0.1) is 11.8 Å². The van der Waals surface area contributed by atoms with Crippen LogP contribution in [0.4, 0.5) is 23.2 Å². The second kappa shape index (κ2) is 9.47. The van der Waals surface area contributed by atoms with Crippen molar-refractivity contribution in [1.82, 2.24) is 9.62 Å². The van der Waals surface area contributed by atoms with Gasteiger partial charge in [-0.15, -0.1) is 0 Å². The number of rotatable bonds is 6. The lowest BCUT2D eigenvalue weighted by molar-refractivity contribution is -0.164. The molecule has 194 valence electrons. The number of alkyl halides is 2. The molecule has 2 amide bonds. The summed E-state index contributed by atoms with van der Waals surface area (Å²) < 4.78 is 84.4. The van der Waals surface area contributed by atoms with Crippen LogP contribution >= 0.6 is 0 Å². The van der Waals surface area contributed by atoms with E-state index in [4.69, 9.17) is 0 Å². The summed E-state index contributed by atoms with van der Waals surface area (Å²) in [5, 5.41) is 2.44. The van der Waals surface area contributed by atoms with Gasteiger partial charge in [0.2, 0.25) is 10.0 Å². The molecule has 2 aromatic rings. The van der Waals surface area contributed by atoms with Crippen LogP contribution in [0.2, 0.25) is 0 Å². The predicted octanol–water partition coefficient (Wildman–Crippen LogP) is 3.69. The van der Waals surface area contributed by atoms with Gasteiger partial charge in [-0.25, -0.2) is 21.9 Å². The fraction of sp³-hybridized carbons (Fsp3) is 0.417. The zero-order valence-electron chi connectivity index (χ0n) is 19.5. The normalized spacial score (nSPS) is 21.9. The zero-order chi connectivity index (χ0) is 26.4. The summed E-state index contributed by atoms with van der Waals surface area (Å²) in [5.41, 5.74) is -1.06. The number of piperidine rings is 1. The average Bonchev–Trinajstić information content (AvgIpc) is 3.04. The van der Waals surface area contributed by atoms with E-state index >= 15 is 8.78 Å². The van der Waals surface area contributed by atoms with Crippen LogP contribution in [0.15, 0.2) is 36.4 Å². The molecule has 2 fully saturated rings. The first kappa shape index (κ1) is 26.1. The van der Waals surface area contributed by atoms with Gasteiger partial charge in [0.25, 0.3) is 11.8 Å². The molecule has 2 aromatic carbocycles. The number of carbonyl (C=O) groups is 2. The molecule has 2 N–H and O–H groups in total. The van der Waals surface area contributed by atoms with Crippen molar-refractivity contribution in [3.05, 3.63) is 64.7 Å². The molecule has 4 rings (SSSR count). The molecule has 1 unspecified atom stereocenters. The monoisotopic (exact) mass is 527 g/mol. The van der Waals surface area contributed by atoms with E-state index in [2.05, 4.69) is 10.0 Å². The third kappa shape index (κ3) is 5.24. The maximum Gasteiger partial charge on any atom is 0.352 e. The molecule has 0 saturated carbocycles. The molecule has 2 heterocycles.